The number of carbonyl (C=O) groups excluding carboxylic acids is 3. The van der Waals surface area contributed by atoms with Crippen LogP contribution < -0.4 is 5.32 Å². The van der Waals surface area contributed by atoms with Gasteiger partial charge in [-0.3, -0.25) is 9.59 Å². The van der Waals surface area contributed by atoms with Crippen molar-refractivity contribution in [1.82, 2.24) is 10.2 Å². The third-order valence-corrected chi connectivity index (χ3v) is 12.1. The van der Waals surface area contributed by atoms with Crippen LogP contribution in [0.15, 0.2) is 12.2 Å². The zero-order valence-electron chi connectivity index (χ0n) is 23.0. The van der Waals surface area contributed by atoms with Gasteiger partial charge in [-0.15, -0.1) is 0 Å². The summed E-state index contributed by atoms with van der Waals surface area (Å²) in [6.07, 6.45) is 3.01. The Morgan fingerprint density at radius 3 is 2.39 bits per heavy atom. The zero-order valence-corrected chi connectivity index (χ0v) is 24.0. The molecule has 0 saturated carbocycles. The van der Waals surface area contributed by atoms with Crippen molar-refractivity contribution in [3.8, 4) is 0 Å². The molecule has 1 N–H and O–H groups in total. The molecule has 0 unspecified atom stereocenters. The number of piperazine rings is 1. The van der Waals surface area contributed by atoms with E-state index in [-0.39, 0.29) is 31.0 Å². The van der Waals surface area contributed by atoms with Gasteiger partial charge in [0.15, 0.2) is 14.4 Å². The van der Waals surface area contributed by atoms with Crippen LogP contribution in [0, 0.1) is 5.92 Å². The summed E-state index contributed by atoms with van der Waals surface area (Å²) < 4.78 is 24.1. The highest BCUT2D eigenvalue weighted by Crippen LogP contribution is 2.32. The lowest BCUT2D eigenvalue weighted by Gasteiger charge is -2.39. The van der Waals surface area contributed by atoms with Crippen molar-refractivity contribution >= 4 is 26.3 Å². The number of hydrogen-bond donors (Lipinski definition) is 1. The molecule has 2 heterocycles. The molecular formula is C26H46N2O7Si. The van der Waals surface area contributed by atoms with Crippen LogP contribution in [0.25, 0.3) is 0 Å². The average Bonchev–Trinajstić information content (AvgIpc) is 2.86. The van der Waals surface area contributed by atoms with E-state index in [1.165, 1.54) is 6.92 Å². The topological polar surface area (TPSA) is 103 Å². The van der Waals surface area contributed by atoms with Gasteiger partial charge in [0.25, 0.3) is 0 Å². The van der Waals surface area contributed by atoms with Crippen LogP contribution in [0.2, 0.25) is 18.1 Å². The highest BCUT2D eigenvalue weighted by molar-refractivity contribution is 6.73. The van der Waals surface area contributed by atoms with Crippen molar-refractivity contribution < 1.29 is 33.0 Å². The number of esters is 2. The molecule has 1 amide bonds. The number of carbonyl (C=O) groups is 3. The first-order valence-corrected chi connectivity index (χ1v) is 16.0. The van der Waals surface area contributed by atoms with E-state index >= 15 is 0 Å². The summed E-state index contributed by atoms with van der Waals surface area (Å²) in [7, 11) is -2.01. The lowest BCUT2D eigenvalue weighted by atomic mass is 9.89. The summed E-state index contributed by atoms with van der Waals surface area (Å²) in [5, 5.41) is 3.22. The summed E-state index contributed by atoms with van der Waals surface area (Å²) in [4.78, 5) is 39.5. The minimum absolute atomic E-state index is 0.106. The Morgan fingerprint density at radius 1 is 1.17 bits per heavy atom. The van der Waals surface area contributed by atoms with Gasteiger partial charge in [0.2, 0.25) is 0 Å². The number of cyclic esters (lactones) is 1. The molecule has 0 aliphatic carbocycles. The molecule has 2 aliphatic heterocycles. The van der Waals surface area contributed by atoms with Crippen LogP contribution in [0.5, 0.6) is 0 Å². The van der Waals surface area contributed by atoms with E-state index < -0.39 is 32.1 Å². The monoisotopic (exact) mass is 526 g/mol. The van der Waals surface area contributed by atoms with E-state index in [1.807, 2.05) is 13.0 Å². The molecule has 0 aromatic heterocycles. The van der Waals surface area contributed by atoms with Crippen molar-refractivity contribution in [1.29, 1.82) is 0 Å². The Bertz CT molecular complexity index is 759. The predicted molar refractivity (Wildman–Crippen MR) is 140 cm³/mol. The first kappa shape index (κ1) is 30.3. The lowest BCUT2D eigenvalue weighted by Crippen LogP contribution is -2.51. The Kier molecular flexibility index (Phi) is 11.9. The standard InChI is InChI=1S/C26H46N2O7Si/c1-7-36(8-2,9-3)35-22-12-13-26(6,34-21(5)29)23(11-10-20(4)19-32-24(30)18-22)33-25(31)28-16-14-27-15-17-28/h10-11,20,22-23,27H,7-9,12-19H2,1-6H3/b11-10+/t20-,22+,23-,26+/m0/s1. The van der Waals surface area contributed by atoms with Gasteiger partial charge in [-0.1, -0.05) is 33.8 Å². The third-order valence-electron chi connectivity index (χ3n) is 7.41. The molecule has 0 radical (unpaired) electrons. The quantitative estimate of drug-likeness (QED) is 0.230. The first-order chi connectivity index (χ1) is 17.1. The molecule has 9 nitrogen and oxygen atoms in total. The molecule has 0 aromatic carbocycles. The maximum absolute atomic E-state index is 13.0. The fourth-order valence-electron chi connectivity index (χ4n) is 4.80. The third kappa shape index (κ3) is 8.88. The van der Waals surface area contributed by atoms with Gasteiger partial charge in [-0.25, -0.2) is 4.79 Å². The smallest absolute Gasteiger partial charge is 0.410 e. The van der Waals surface area contributed by atoms with Gasteiger partial charge >= 0.3 is 18.0 Å². The number of ether oxygens (including phenoxy) is 3. The number of hydrogen-bond acceptors (Lipinski definition) is 8. The van der Waals surface area contributed by atoms with Crippen LogP contribution in [0.1, 0.15) is 60.8 Å². The summed E-state index contributed by atoms with van der Waals surface area (Å²) in [6, 6.07) is 2.87. The summed E-state index contributed by atoms with van der Waals surface area (Å²) in [5.74, 6) is -0.849. The molecule has 0 spiro atoms. The molecule has 4 atom stereocenters. The Labute approximate surface area is 217 Å². The SMILES string of the molecule is CC[Si](CC)(CC)O[C@@H]1CC[C@@](C)(OC(C)=O)[C@@H](OC(=O)N2CCNCC2)/C=C/[C@H](C)COC(=O)C1. The molecule has 36 heavy (non-hydrogen) atoms. The molecule has 0 bridgehead atoms. The van der Waals surface area contributed by atoms with Gasteiger partial charge in [0.05, 0.1) is 19.1 Å². The number of rotatable bonds is 7. The minimum atomic E-state index is -2.01. The predicted octanol–water partition coefficient (Wildman–Crippen LogP) is 4.03. The molecule has 2 aliphatic rings. The Hall–Kier alpha value is -1.91. The summed E-state index contributed by atoms with van der Waals surface area (Å²) in [6.45, 7) is 14.2. The number of nitrogens with zero attached hydrogens (tertiary/aromatic N) is 1. The summed E-state index contributed by atoms with van der Waals surface area (Å²) in [5.41, 5.74) is -1.12. The van der Waals surface area contributed by atoms with E-state index in [0.717, 1.165) is 18.1 Å². The van der Waals surface area contributed by atoms with Crippen molar-refractivity contribution in [2.24, 2.45) is 5.92 Å². The van der Waals surface area contributed by atoms with Crippen LogP contribution in [-0.2, 0) is 28.2 Å². The lowest BCUT2D eigenvalue weighted by molar-refractivity contribution is -0.167. The Morgan fingerprint density at radius 2 is 1.81 bits per heavy atom. The molecule has 0 aromatic rings. The highest BCUT2D eigenvalue weighted by Gasteiger charge is 2.42. The van der Waals surface area contributed by atoms with E-state index in [2.05, 4.69) is 26.1 Å². The van der Waals surface area contributed by atoms with Gasteiger partial charge in [0.1, 0.15) is 5.60 Å². The van der Waals surface area contributed by atoms with Crippen LogP contribution in [-0.4, -0.2) is 81.8 Å². The van der Waals surface area contributed by atoms with E-state index in [4.69, 9.17) is 18.6 Å². The van der Waals surface area contributed by atoms with Crippen LogP contribution in [0.4, 0.5) is 4.79 Å². The van der Waals surface area contributed by atoms with Gasteiger partial charge < -0.3 is 28.9 Å². The molecule has 2 rings (SSSR count). The normalized spacial score (nSPS) is 29.3. The minimum Gasteiger partial charge on any atom is -0.465 e. The van der Waals surface area contributed by atoms with Gasteiger partial charge in [-0.05, 0) is 44.0 Å². The Balaban J connectivity index is 2.37. The van der Waals surface area contributed by atoms with E-state index in [9.17, 15) is 14.4 Å². The van der Waals surface area contributed by atoms with Crippen LogP contribution >= 0.6 is 0 Å². The number of amides is 1. The molecule has 1 saturated heterocycles. The maximum atomic E-state index is 13.0. The van der Waals surface area contributed by atoms with Crippen molar-refractivity contribution in [2.45, 2.75) is 96.7 Å². The second-order valence-corrected chi connectivity index (χ2v) is 14.9. The largest absolute Gasteiger partial charge is 0.465 e. The fraction of sp³-hybridized carbons (Fsp3) is 0.808. The van der Waals surface area contributed by atoms with Crippen molar-refractivity contribution in [3.63, 3.8) is 0 Å². The van der Waals surface area contributed by atoms with Gasteiger partial charge in [-0.2, -0.15) is 0 Å². The number of nitrogens with one attached hydrogen (secondary N) is 1. The zero-order chi connectivity index (χ0) is 26.8. The highest BCUT2D eigenvalue weighted by atomic mass is 28.4. The first-order valence-electron chi connectivity index (χ1n) is 13.4. The second kappa shape index (κ2) is 14.1. The molecule has 10 heteroatoms. The maximum Gasteiger partial charge on any atom is 0.410 e. The fourth-order valence-corrected chi connectivity index (χ4v) is 7.71. The second-order valence-electron chi connectivity index (χ2n) is 10.2. The van der Waals surface area contributed by atoms with Crippen LogP contribution in [0.3, 0.4) is 0 Å². The summed E-state index contributed by atoms with van der Waals surface area (Å²) >= 11 is 0. The van der Waals surface area contributed by atoms with Gasteiger partial charge in [0, 0.05) is 39.0 Å². The average molecular weight is 527 g/mol. The molecular weight excluding hydrogens is 480 g/mol. The van der Waals surface area contributed by atoms with Crippen molar-refractivity contribution in [3.05, 3.63) is 12.2 Å². The van der Waals surface area contributed by atoms with E-state index in [0.29, 0.717) is 39.0 Å². The molecule has 1 fully saturated rings. The van der Waals surface area contributed by atoms with Crippen molar-refractivity contribution in [2.75, 3.05) is 32.8 Å². The van der Waals surface area contributed by atoms with E-state index in [1.54, 1.807) is 17.9 Å². The molecule has 206 valence electrons.